The topological polar surface area (TPSA) is 26.8 Å². The number of carbonyl (C=O) groups is 1. The summed E-state index contributed by atoms with van der Waals surface area (Å²) in [5.41, 5.74) is 4.41. The maximum atomic E-state index is 13.6. The average Bonchev–Trinajstić information content (AvgIpc) is 2.96. The van der Waals surface area contributed by atoms with Crippen LogP contribution < -0.4 is 4.90 Å². The zero-order chi connectivity index (χ0) is 28.1. The molecule has 1 atom stereocenters. The van der Waals surface area contributed by atoms with E-state index in [2.05, 4.69) is 28.9 Å². The van der Waals surface area contributed by atoms with Crippen LogP contribution >= 0.6 is 0 Å². The molecule has 1 saturated heterocycles. The highest BCUT2D eigenvalue weighted by Gasteiger charge is 2.33. The van der Waals surface area contributed by atoms with Gasteiger partial charge in [0.25, 0.3) is 0 Å². The molecule has 1 amide bonds. The van der Waals surface area contributed by atoms with E-state index in [-0.39, 0.29) is 18.5 Å². The minimum absolute atomic E-state index is 0.000686. The summed E-state index contributed by atoms with van der Waals surface area (Å²) in [5, 5.41) is 0. The third-order valence-electron chi connectivity index (χ3n) is 7.70. The van der Waals surface area contributed by atoms with Crippen LogP contribution in [-0.2, 0) is 11.0 Å². The molecule has 1 fully saturated rings. The number of nitrogens with zero attached hydrogens (tertiary/aromatic N) is 3. The van der Waals surface area contributed by atoms with Crippen molar-refractivity contribution in [3.8, 4) is 0 Å². The molecule has 0 spiro atoms. The number of benzene rings is 3. The molecule has 0 aromatic heterocycles. The Balaban J connectivity index is 1.31. The number of alkyl halides is 3. The lowest BCUT2D eigenvalue weighted by Gasteiger charge is -2.41. The summed E-state index contributed by atoms with van der Waals surface area (Å²) >= 11 is 0. The van der Waals surface area contributed by atoms with Crippen LogP contribution in [0, 0.1) is 0 Å². The van der Waals surface area contributed by atoms with Crippen molar-refractivity contribution in [2.45, 2.75) is 32.0 Å². The SMILES string of the molecule is CC1=CC=C(C(c2ccc(C(F)(F)F)cc2)N2CCN(CC(=O)N(c3ccccc3)c3ccccc3)CC2)CC1. The van der Waals surface area contributed by atoms with E-state index in [4.69, 9.17) is 0 Å². The Morgan fingerprint density at radius 3 is 1.88 bits per heavy atom. The van der Waals surface area contributed by atoms with Crippen LogP contribution in [-0.4, -0.2) is 48.4 Å². The summed E-state index contributed by atoms with van der Waals surface area (Å²) in [6, 6.07) is 24.8. The predicted molar refractivity (Wildman–Crippen MR) is 153 cm³/mol. The third kappa shape index (κ3) is 6.54. The molecule has 3 aromatic rings. The fraction of sp³-hybridized carbons (Fsp3) is 0.303. The zero-order valence-electron chi connectivity index (χ0n) is 22.6. The van der Waals surface area contributed by atoms with Gasteiger partial charge in [-0.05, 0) is 67.3 Å². The highest BCUT2D eigenvalue weighted by Crippen LogP contribution is 2.37. The number of hydrogen-bond donors (Lipinski definition) is 0. The summed E-state index contributed by atoms with van der Waals surface area (Å²) in [4.78, 5) is 19.9. The van der Waals surface area contributed by atoms with Crippen LogP contribution in [0.5, 0.6) is 0 Å². The normalized spacial score (nSPS) is 17.6. The van der Waals surface area contributed by atoms with Crippen LogP contribution in [0.25, 0.3) is 0 Å². The number of anilines is 2. The molecular formula is C33H34F3N3O. The van der Waals surface area contributed by atoms with Crippen molar-refractivity contribution in [1.29, 1.82) is 0 Å². The summed E-state index contributed by atoms with van der Waals surface area (Å²) in [5.74, 6) is 0.000686. The molecule has 0 saturated carbocycles. The van der Waals surface area contributed by atoms with E-state index in [1.54, 1.807) is 17.0 Å². The van der Waals surface area contributed by atoms with Crippen LogP contribution in [0.4, 0.5) is 24.5 Å². The van der Waals surface area contributed by atoms with E-state index in [1.165, 1.54) is 23.3 Å². The predicted octanol–water partition coefficient (Wildman–Crippen LogP) is 7.40. The molecule has 0 radical (unpaired) electrons. The van der Waals surface area contributed by atoms with Gasteiger partial charge in [-0.25, -0.2) is 0 Å². The number of hydrogen-bond acceptors (Lipinski definition) is 3. The van der Waals surface area contributed by atoms with Gasteiger partial charge in [0.05, 0.1) is 18.2 Å². The van der Waals surface area contributed by atoms with Crippen LogP contribution in [0.1, 0.15) is 36.9 Å². The number of amides is 1. The lowest BCUT2D eigenvalue weighted by molar-refractivity contribution is -0.137. The molecule has 208 valence electrons. The number of allylic oxidation sites excluding steroid dienone is 3. The average molecular weight is 546 g/mol. The second-order valence-corrected chi connectivity index (χ2v) is 10.5. The van der Waals surface area contributed by atoms with Crippen LogP contribution in [0.15, 0.2) is 108 Å². The highest BCUT2D eigenvalue weighted by molar-refractivity contribution is 6.01. The molecule has 1 heterocycles. The van der Waals surface area contributed by atoms with Gasteiger partial charge in [0.1, 0.15) is 0 Å². The Labute approximate surface area is 234 Å². The lowest BCUT2D eigenvalue weighted by atomic mass is 9.88. The first-order valence-electron chi connectivity index (χ1n) is 13.7. The third-order valence-corrected chi connectivity index (χ3v) is 7.70. The molecular weight excluding hydrogens is 511 g/mol. The number of carbonyl (C=O) groups excluding carboxylic acids is 1. The number of halogens is 3. The smallest absolute Gasteiger partial charge is 0.292 e. The first-order valence-corrected chi connectivity index (χ1v) is 13.7. The van der Waals surface area contributed by atoms with Gasteiger partial charge in [-0.1, -0.05) is 66.3 Å². The van der Waals surface area contributed by atoms with E-state index in [0.717, 1.165) is 42.9 Å². The molecule has 1 aliphatic carbocycles. The van der Waals surface area contributed by atoms with Gasteiger partial charge in [0.15, 0.2) is 0 Å². The van der Waals surface area contributed by atoms with E-state index < -0.39 is 11.7 Å². The van der Waals surface area contributed by atoms with Crippen molar-refractivity contribution in [1.82, 2.24) is 9.80 Å². The van der Waals surface area contributed by atoms with E-state index in [9.17, 15) is 18.0 Å². The van der Waals surface area contributed by atoms with Crippen LogP contribution in [0.3, 0.4) is 0 Å². The van der Waals surface area contributed by atoms with E-state index in [1.807, 2.05) is 60.7 Å². The van der Waals surface area contributed by atoms with Crippen molar-refractivity contribution >= 4 is 17.3 Å². The van der Waals surface area contributed by atoms with Gasteiger partial charge in [0.2, 0.25) is 5.91 Å². The van der Waals surface area contributed by atoms with Gasteiger partial charge >= 0.3 is 6.18 Å². The van der Waals surface area contributed by atoms with Crippen molar-refractivity contribution in [2.75, 3.05) is 37.6 Å². The molecule has 4 nitrogen and oxygen atoms in total. The minimum Gasteiger partial charge on any atom is -0.292 e. The Bertz CT molecular complexity index is 1300. The molecule has 1 unspecified atom stereocenters. The molecule has 1 aliphatic heterocycles. The van der Waals surface area contributed by atoms with Crippen molar-refractivity contribution in [3.63, 3.8) is 0 Å². The van der Waals surface area contributed by atoms with Gasteiger partial charge in [-0.3, -0.25) is 19.5 Å². The zero-order valence-corrected chi connectivity index (χ0v) is 22.6. The van der Waals surface area contributed by atoms with Crippen LogP contribution in [0.2, 0.25) is 0 Å². The molecule has 2 aliphatic rings. The molecule has 3 aromatic carbocycles. The standard InChI is InChI=1S/C33H34F3N3O/c1-25-12-14-26(15-13-25)32(27-16-18-28(19-17-27)33(34,35)36)38-22-20-37(21-23-38)24-31(40)39(29-8-4-2-5-9-29)30-10-6-3-7-11-30/h2-12,14,16-19,32H,13,15,20-24H2,1H3. The lowest BCUT2D eigenvalue weighted by Crippen LogP contribution is -2.50. The van der Waals surface area contributed by atoms with Gasteiger partial charge in [-0.15, -0.1) is 0 Å². The fourth-order valence-electron chi connectivity index (χ4n) is 5.53. The van der Waals surface area contributed by atoms with Gasteiger partial charge in [-0.2, -0.15) is 13.2 Å². The Morgan fingerprint density at radius 2 is 1.38 bits per heavy atom. The summed E-state index contributed by atoms with van der Waals surface area (Å²) in [6.45, 7) is 5.22. The quantitative estimate of drug-likeness (QED) is 0.310. The Kier molecular flexibility index (Phi) is 8.52. The monoisotopic (exact) mass is 545 g/mol. The maximum absolute atomic E-state index is 13.6. The Hall–Kier alpha value is -3.68. The van der Waals surface area contributed by atoms with Crippen molar-refractivity contribution in [3.05, 3.63) is 119 Å². The van der Waals surface area contributed by atoms with Crippen molar-refractivity contribution < 1.29 is 18.0 Å². The number of piperazine rings is 1. The van der Waals surface area contributed by atoms with Crippen molar-refractivity contribution in [2.24, 2.45) is 0 Å². The van der Waals surface area contributed by atoms with E-state index in [0.29, 0.717) is 13.1 Å². The fourth-order valence-corrected chi connectivity index (χ4v) is 5.53. The minimum atomic E-state index is -4.36. The molecule has 40 heavy (non-hydrogen) atoms. The molecule has 0 N–H and O–H groups in total. The Morgan fingerprint density at radius 1 is 0.800 bits per heavy atom. The second kappa shape index (κ2) is 12.2. The number of rotatable bonds is 7. The maximum Gasteiger partial charge on any atom is 0.416 e. The largest absolute Gasteiger partial charge is 0.416 e. The van der Waals surface area contributed by atoms with E-state index >= 15 is 0 Å². The summed E-state index contributed by atoms with van der Waals surface area (Å²) in [6.07, 6.45) is 1.73. The van der Waals surface area contributed by atoms with Gasteiger partial charge < -0.3 is 0 Å². The molecule has 0 bridgehead atoms. The van der Waals surface area contributed by atoms with Gasteiger partial charge in [0, 0.05) is 37.6 Å². The molecule has 5 rings (SSSR count). The highest BCUT2D eigenvalue weighted by atomic mass is 19.4. The molecule has 7 heteroatoms. The number of para-hydroxylation sites is 2. The second-order valence-electron chi connectivity index (χ2n) is 10.5. The summed E-state index contributed by atoms with van der Waals surface area (Å²) < 4.78 is 39.7. The first-order chi connectivity index (χ1) is 19.3. The first kappa shape index (κ1) is 27.9. The summed E-state index contributed by atoms with van der Waals surface area (Å²) in [7, 11) is 0.